The Kier molecular flexibility index (Phi) is 13.7. The molecular weight excluding hydrogens is 660 g/mol. The first-order valence-corrected chi connectivity index (χ1v) is 16.6. The maximum atomic E-state index is 11.4. The molecule has 3 aromatic heterocycles. The molecule has 0 saturated carbocycles. The summed E-state index contributed by atoms with van der Waals surface area (Å²) in [6.45, 7) is 18.4. The molecule has 0 fully saturated rings. The Morgan fingerprint density at radius 1 is 0.625 bits per heavy atom. The van der Waals surface area contributed by atoms with Crippen LogP contribution in [0.1, 0.15) is 112 Å². The van der Waals surface area contributed by atoms with Crippen LogP contribution in [0.4, 0.5) is 0 Å². The predicted octanol–water partition coefficient (Wildman–Crippen LogP) is 6.00. The minimum Gasteiger partial charge on any atom is -0.663 e. The molecule has 0 spiro atoms. The summed E-state index contributed by atoms with van der Waals surface area (Å²) in [7, 11) is 0. The van der Waals surface area contributed by atoms with Crippen molar-refractivity contribution < 1.29 is 19.8 Å². The molecule has 2 aliphatic rings. The van der Waals surface area contributed by atoms with Crippen molar-refractivity contribution in [3.63, 3.8) is 0 Å². The number of nitrogens with zero attached hydrogens (tertiary/aromatic N) is 3. The quantitative estimate of drug-likeness (QED) is 0.247. The van der Waals surface area contributed by atoms with Gasteiger partial charge < -0.3 is 35.1 Å². The molecule has 0 aromatic carbocycles. The van der Waals surface area contributed by atoms with Crippen LogP contribution in [0.3, 0.4) is 0 Å². The summed E-state index contributed by atoms with van der Waals surface area (Å²) in [5.74, 6) is -2.24. The fourth-order valence-electron chi connectivity index (χ4n) is 6.43. The van der Waals surface area contributed by atoms with Gasteiger partial charge >= 0.3 is 19.8 Å². The van der Waals surface area contributed by atoms with Gasteiger partial charge in [0.25, 0.3) is 0 Å². The number of hydrogen-bond acceptors (Lipinski definition) is 6. The number of carbonyl (C=O) groups is 2. The zero-order valence-electron chi connectivity index (χ0n) is 29.5. The Morgan fingerprint density at radius 2 is 1.06 bits per heavy atom. The number of allylic oxidation sites excluding steroid dienone is 4. The molecule has 0 atom stereocenters. The monoisotopic (exact) mass is 705 g/mol. The molecular formula is C38H46GaN5O4. The number of aromatic amines is 2. The topological polar surface area (TPSA) is 152 Å². The van der Waals surface area contributed by atoms with Gasteiger partial charge in [0.2, 0.25) is 0 Å². The molecule has 48 heavy (non-hydrogen) atoms. The van der Waals surface area contributed by atoms with Crippen molar-refractivity contribution in [2.45, 2.75) is 93.9 Å². The second-order valence-electron chi connectivity index (χ2n) is 12.0. The van der Waals surface area contributed by atoms with Crippen LogP contribution < -0.4 is 10.2 Å². The number of fused-ring (bicyclic) bond motifs is 8. The second kappa shape index (κ2) is 17.0. The van der Waals surface area contributed by atoms with Crippen LogP contribution in [0.2, 0.25) is 0 Å². The first-order valence-electron chi connectivity index (χ1n) is 16.6. The molecule has 2 aliphatic heterocycles. The molecule has 0 amide bonds. The van der Waals surface area contributed by atoms with E-state index in [4.69, 9.17) is 9.97 Å². The van der Waals surface area contributed by atoms with Crippen LogP contribution >= 0.6 is 0 Å². The molecule has 0 aliphatic carbocycles. The van der Waals surface area contributed by atoms with Gasteiger partial charge in [0.15, 0.2) is 0 Å². The van der Waals surface area contributed by atoms with E-state index in [1.54, 1.807) is 0 Å². The number of carboxylic acid groups (broad SMARTS) is 2. The van der Waals surface area contributed by atoms with E-state index in [1.807, 2.05) is 45.9 Å². The van der Waals surface area contributed by atoms with Crippen LogP contribution in [0.5, 0.6) is 0 Å². The van der Waals surface area contributed by atoms with E-state index in [-0.39, 0.29) is 45.5 Å². The SMILES string of the molecule is CCC1=C(C)c2cc3[nH]c(cc4nc(cc5[nH]c(cc1n2)c(C)c5CCC(=O)[O-])C(CCC(=O)[O-])=C4C)c(C)c3CC.CC[N-]CC.[Ga+3]. The maximum Gasteiger partial charge on any atom is 3.00 e. The number of carboxylic acids is 2. The minimum atomic E-state index is -1.12. The third-order valence-corrected chi connectivity index (χ3v) is 9.11. The molecule has 5 heterocycles. The summed E-state index contributed by atoms with van der Waals surface area (Å²) < 4.78 is 0. The summed E-state index contributed by atoms with van der Waals surface area (Å²) in [5.41, 5.74) is 14.9. The number of H-pyrrole nitrogens is 2. The van der Waals surface area contributed by atoms with Gasteiger partial charge in [-0.1, -0.05) is 27.7 Å². The van der Waals surface area contributed by atoms with Crippen LogP contribution in [0.15, 0.2) is 24.3 Å². The van der Waals surface area contributed by atoms with E-state index in [0.29, 0.717) is 5.69 Å². The molecule has 9 nitrogen and oxygen atoms in total. The number of aromatic nitrogens is 4. The van der Waals surface area contributed by atoms with Gasteiger partial charge in [-0.05, 0) is 135 Å². The van der Waals surface area contributed by atoms with Gasteiger partial charge in [0, 0.05) is 34.0 Å². The Bertz CT molecular complexity index is 1910. The van der Waals surface area contributed by atoms with E-state index in [2.05, 4.69) is 49.0 Å². The summed E-state index contributed by atoms with van der Waals surface area (Å²) in [5, 5.41) is 26.8. The number of nitrogens with one attached hydrogen (secondary N) is 2. The van der Waals surface area contributed by atoms with Gasteiger partial charge in [-0.15, -0.1) is 0 Å². The summed E-state index contributed by atoms with van der Waals surface area (Å²) >= 11 is 0. The number of aliphatic carboxylic acids is 2. The van der Waals surface area contributed by atoms with E-state index in [1.165, 1.54) is 5.56 Å². The van der Waals surface area contributed by atoms with Crippen LogP contribution in [0.25, 0.3) is 49.7 Å². The largest absolute Gasteiger partial charge is 3.00 e. The zero-order chi connectivity index (χ0) is 34.4. The Morgan fingerprint density at radius 3 is 1.56 bits per heavy atom. The fraction of sp³-hybridized carbons (Fsp3) is 0.421. The van der Waals surface area contributed by atoms with E-state index in [0.717, 1.165) is 104 Å². The van der Waals surface area contributed by atoms with Crippen LogP contribution in [-0.4, -0.2) is 64.8 Å². The van der Waals surface area contributed by atoms with E-state index in [9.17, 15) is 19.8 Å². The van der Waals surface area contributed by atoms with Crippen LogP contribution in [-0.2, 0) is 22.4 Å². The predicted molar refractivity (Wildman–Crippen MR) is 193 cm³/mol. The van der Waals surface area contributed by atoms with Gasteiger partial charge in [-0.25, -0.2) is 9.97 Å². The first-order chi connectivity index (χ1) is 22.4. The van der Waals surface area contributed by atoms with Crippen molar-refractivity contribution in [3.05, 3.63) is 74.6 Å². The molecule has 2 N–H and O–H groups in total. The fourth-order valence-corrected chi connectivity index (χ4v) is 6.43. The minimum absolute atomic E-state index is 0. The van der Waals surface area contributed by atoms with Crippen LogP contribution in [0, 0.1) is 13.8 Å². The summed E-state index contributed by atoms with van der Waals surface area (Å²) in [6, 6.07) is 8.09. The zero-order valence-corrected chi connectivity index (χ0v) is 31.9. The number of rotatable bonds is 10. The van der Waals surface area contributed by atoms with E-state index >= 15 is 0 Å². The van der Waals surface area contributed by atoms with Crippen molar-refractivity contribution in [1.29, 1.82) is 0 Å². The Labute approximate surface area is 296 Å². The molecule has 250 valence electrons. The normalized spacial score (nSPS) is 12.5. The molecule has 0 unspecified atom stereocenters. The number of carbonyl (C=O) groups excluding carboxylic acids is 2. The second-order valence-corrected chi connectivity index (χ2v) is 12.0. The van der Waals surface area contributed by atoms with Gasteiger partial charge in [0.05, 0.1) is 22.8 Å². The maximum absolute atomic E-state index is 11.4. The molecule has 0 radical (unpaired) electrons. The third-order valence-electron chi connectivity index (χ3n) is 9.11. The van der Waals surface area contributed by atoms with Crippen molar-refractivity contribution in [2.75, 3.05) is 13.1 Å². The molecule has 8 bridgehead atoms. The van der Waals surface area contributed by atoms with Gasteiger partial charge in [0.1, 0.15) is 0 Å². The summed E-state index contributed by atoms with van der Waals surface area (Å²) in [6.07, 6.45) is 1.98. The van der Waals surface area contributed by atoms with E-state index < -0.39 is 11.9 Å². The Hall–Kier alpha value is -3.86. The third kappa shape index (κ3) is 8.40. The smallest absolute Gasteiger partial charge is 0.663 e. The first kappa shape index (κ1) is 38.6. The molecule has 10 heteroatoms. The molecule has 3 aromatic rings. The van der Waals surface area contributed by atoms with Crippen molar-refractivity contribution in [3.8, 4) is 0 Å². The number of hydrogen-bond donors (Lipinski definition) is 2. The average Bonchev–Trinajstić information content (AvgIpc) is 3.68. The molecule has 5 rings (SSSR count). The number of aryl methyl sites for hydroxylation is 4. The van der Waals surface area contributed by atoms with Crippen molar-refractivity contribution >= 4 is 76.1 Å². The summed E-state index contributed by atoms with van der Waals surface area (Å²) in [4.78, 5) is 40.0. The van der Waals surface area contributed by atoms with Gasteiger partial charge in [-0.2, -0.15) is 13.1 Å². The van der Waals surface area contributed by atoms with Gasteiger partial charge in [-0.3, -0.25) is 0 Å². The Balaban J connectivity index is 0.000000970. The van der Waals surface area contributed by atoms with Crippen molar-refractivity contribution in [2.24, 2.45) is 0 Å². The average molecular weight is 707 g/mol. The standard InChI is InChI=1S/C34H38N4O4.C4H10N.Ga/c1-7-21-17(3)25-13-26-19(5)23(9-11-33(39)40)31(37-26)16-32-24(10-12-34(41)42)20(6)28(38-32)15-30-22(8-2)18(4)27(36-30)14-29(21)35-25;1-3-5-4-2;/h13-16,35,38H,7-12H2,1-6H3,(H,39,40)(H,41,42);3-4H2,1-2H3;/q;-1;+3/p-2. The molecule has 0 saturated heterocycles. The van der Waals surface area contributed by atoms with Crippen molar-refractivity contribution in [1.82, 2.24) is 19.9 Å².